The summed E-state index contributed by atoms with van der Waals surface area (Å²) in [6.45, 7) is 4.94. The standard InChI is InChI=1S/C22H23N5O2S/c1-4-15-10-12-16(13-11-15)20-23-19(29-26-20)14-30-22-25-24-21(27(22)5-2)17-8-6-7-9-18(17)28-3/h6-13H,4-5,14H2,1-3H3. The third-order valence-electron chi connectivity index (χ3n) is 4.79. The van der Waals surface area contributed by atoms with Crippen molar-refractivity contribution < 1.29 is 9.26 Å². The second-order valence-corrected chi connectivity index (χ2v) is 7.54. The van der Waals surface area contributed by atoms with E-state index in [2.05, 4.69) is 50.9 Å². The van der Waals surface area contributed by atoms with E-state index in [0.29, 0.717) is 17.5 Å². The van der Waals surface area contributed by atoms with Crippen molar-refractivity contribution in [1.29, 1.82) is 0 Å². The maximum absolute atomic E-state index is 5.48. The fourth-order valence-electron chi connectivity index (χ4n) is 3.16. The predicted octanol–water partition coefficient (Wildman–Crippen LogP) is 4.88. The van der Waals surface area contributed by atoms with Crippen molar-refractivity contribution in [2.75, 3.05) is 7.11 Å². The highest BCUT2D eigenvalue weighted by molar-refractivity contribution is 7.98. The predicted molar refractivity (Wildman–Crippen MR) is 116 cm³/mol. The first-order chi connectivity index (χ1) is 14.7. The molecule has 0 N–H and O–H groups in total. The Labute approximate surface area is 179 Å². The number of para-hydroxylation sites is 1. The summed E-state index contributed by atoms with van der Waals surface area (Å²) >= 11 is 1.52. The summed E-state index contributed by atoms with van der Waals surface area (Å²) in [6, 6.07) is 16.0. The van der Waals surface area contributed by atoms with Gasteiger partial charge in [0.25, 0.3) is 0 Å². The molecular formula is C22H23N5O2S. The molecule has 4 rings (SSSR count). The van der Waals surface area contributed by atoms with Gasteiger partial charge in [-0.1, -0.05) is 60.2 Å². The summed E-state index contributed by atoms with van der Waals surface area (Å²) in [4.78, 5) is 4.52. The molecule has 154 valence electrons. The molecule has 0 saturated carbocycles. The molecule has 0 bridgehead atoms. The normalized spacial score (nSPS) is 11.0. The SMILES string of the molecule is CCc1ccc(-c2noc(CSc3nnc(-c4ccccc4OC)n3CC)n2)cc1. The first kappa shape index (κ1) is 20.2. The number of aryl methyl sites for hydroxylation is 1. The first-order valence-electron chi connectivity index (χ1n) is 9.84. The smallest absolute Gasteiger partial charge is 0.237 e. The molecule has 0 saturated heterocycles. The van der Waals surface area contributed by atoms with E-state index < -0.39 is 0 Å². The van der Waals surface area contributed by atoms with E-state index >= 15 is 0 Å². The van der Waals surface area contributed by atoms with Crippen molar-refractivity contribution in [2.24, 2.45) is 0 Å². The lowest BCUT2D eigenvalue weighted by Gasteiger charge is -2.09. The number of ether oxygens (including phenoxy) is 1. The molecule has 0 radical (unpaired) electrons. The van der Waals surface area contributed by atoms with E-state index in [0.717, 1.165) is 40.8 Å². The number of rotatable bonds is 8. The number of nitrogens with zero attached hydrogens (tertiary/aromatic N) is 5. The Morgan fingerprint density at radius 1 is 1.03 bits per heavy atom. The zero-order valence-corrected chi connectivity index (χ0v) is 18.0. The molecule has 0 amide bonds. The zero-order valence-electron chi connectivity index (χ0n) is 17.2. The van der Waals surface area contributed by atoms with Gasteiger partial charge in [-0.25, -0.2) is 0 Å². The lowest BCUT2D eigenvalue weighted by molar-refractivity contribution is 0.391. The van der Waals surface area contributed by atoms with Crippen LogP contribution in [0.1, 0.15) is 25.3 Å². The monoisotopic (exact) mass is 421 g/mol. The zero-order chi connectivity index (χ0) is 20.9. The molecule has 8 heteroatoms. The van der Waals surface area contributed by atoms with Crippen LogP contribution in [0, 0.1) is 0 Å². The first-order valence-corrected chi connectivity index (χ1v) is 10.8. The van der Waals surface area contributed by atoms with Gasteiger partial charge in [0.2, 0.25) is 11.7 Å². The van der Waals surface area contributed by atoms with E-state index in [9.17, 15) is 0 Å². The van der Waals surface area contributed by atoms with Gasteiger partial charge >= 0.3 is 0 Å². The Balaban J connectivity index is 1.51. The summed E-state index contributed by atoms with van der Waals surface area (Å²) in [5.74, 6) is 3.22. The second-order valence-electron chi connectivity index (χ2n) is 6.60. The quantitative estimate of drug-likeness (QED) is 0.375. The third kappa shape index (κ3) is 4.09. The van der Waals surface area contributed by atoms with Crippen molar-refractivity contribution in [3.63, 3.8) is 0 Å². The van der Waals surface area contributed by atoms with Gasteiger partial charge in [-0.15, -0.1) is 10.2 Å². The molecule has 2 heterocycles. The van der Waals surface area contributed by atoms with Crippen LogP contribution in [0.15, 0.2) is 58.2 Å². The van der Waals surface area contributed by atoms with Gasteiger partial charge in [-0.3, -0.25) is 0 Å². The Morgan fingerprint density at radius 2 is 1.83 bits per heavy atom. The largest absolute Gasteiger partial charge is 0.496 e. The summed E-state index contributed by atoms with van der Waals surface area (Å²) < 4.78 is 13.0. The summed E-state index contributed by atoms with van der Waals surface area (Å²) in [5, 5.41) is 13.7. The van der Waals surface area contributed by atoms with Crippen LogP contribution >= 0.6 is 11.8 Å². The molecule has 4 aromatic rings. The molecule has 0 aliphatic rings. The minimum absolute atomic E-state index is 0.518. The maximum Gasteiger partial charge on any atom is 0.237 e. The Morgan fingerprint density at radius 3 is 2.57 bits per heavy atom. The van der Waals surface area contributed by atoms with Crippen LogP contribution in [0.3, 0.4) is 0 Å². The van der Waals surface area contributed by atoms with Crippen LogP contribution in [0.5, 0.6) is 5.75 Å². The minimum atomic E-state index is 0.518. The molecule has 0 aliphatic carbocycles. The van der Waals surface area contributed by atoms with Gasteiger partial charge in [-0.05, 0) is 31.0 Å². The lowest BCUT2D eigenvalue weighted by atomic mass is 10.1. The van der Waals surface area contributed by atoms with Crippen molar-refractivity contribution in [3.8, 4) is 28.5 Å². The van der Waals surface area contributed by atoms with Crippen LogP contribution in [-0.4, -0.2) is 32.0 Å². The Bertz CT molecular complexity index is 1120. The number of hydrogen-bond donors (Lipinski definition) is 0. The summed E-state index contributed by atoms with van der Waals surface area (Å²) in [6.07, 6.45) is 1.00. The average molecular weight is 422 g/mol. The van der Waals surface area contributed by atoms with Crippen molar-refractivity contribution in [1.82, 2.24) is 24.9 Å². The fourth-order valence-corrected chi connectivity index (χ4v) is 4.00. The molecule has 2 aromatic heterocycles. The van der Waals surface area contributed by atoms with Gasteiger partial charge in [0.05, 0.1) is 18.4 Å². The molecule has 0 unspecified atom stereocenters. The maximum atomic E-state index is 5.48. The molecule has 30 heavy (non-hydrogen) atoms. The van der Waals surface area contributed by atoms with Crippen molar-refractivity contribution >= 4 is 11.8 Å². The number of hydrogen-bond acceptors (Lipinski definition) is 7. The summed E-state index contributed by atoms with van der Waals surface area (Å²) in [5.41, 5.74) is 3.14. The van der Waals surface area contributed by atoms with E-state index in [-0.39, 0.29) is 0 Å². The van der Waals surface area contributed by atoms with Gasteiger partial charge in [-0.2, -0.15) is 4.98 Å². The molecule has 0 fully saturated rings. The number of thioether (sulfide) groups is 1. The number of methoxy groups -OCH3 is 1. The highest BCUT2D eigenvalue weighted by Crippen LogP contribution is 2.31. The second kappa shape index (κ2) is 9.13. The molecule has 0 aliphatic heterocycles. The Hall–Kier alpha value is -3.13. The topological polar surface area (TPSA) is 78.9 Å². The van der Waals surface area contributed by atoms with Gasteiger partial charge in [0, 0.05) is 12.1 Å². The summed E-state index contributed by atoms with van der Waals surface area (Å²) in [7, 11) is 1.66. The van der Waals surface area contributed by atoms with E-state index in [1.165, 1.54) is 17.3 Å². The van der Waals surface area contributed by atoms with E-state index in [1.54, 1.807) is 7.11 Å². The minimum Gasteiger partial charge on any atom is -0.496 e. The number of aromatic nitrogens is 5. The van der Waals surface area contributed by atoms with E-state index in [4.69, 9.17) is 9.26 Å². The highest BCUT2D eigenvalue weighted by atomic mass is 32.2. The van der Waals surface area contributed by atoms with Crippen molar-refractivity contribution in [2.45, 2.75) is 37.7 Å². The van der Waals surface area contributed by atoms with Gasteiger partial charge in [0.1, 0.15) is 5.75 Å². The molecular weight excluding hydrogens is 398 g/mol. The number of benzene rings is 2. The van der Waals surface area contributed by atoms with Crippen LogP contribution in [0.25, 0.3) is 22.8 Å². The van der Waals surface area contributed by atoms with E-state index in [1.807, 2.05) is 36.4 Å². The highest BCUT2D eigenvalue weighted by Gasteiger charge is 2.17. The molecule has 0 atom stereocenters. The molecule has 0 spiro atoms. The van der Waals surface area contributed by atoms with Crippen LogP contribution in [0.2, 0.25) is 0 Å². The van der Waals surface area contributed by atoms with Crippen LogP contribution in [0.4, 0.5) is 0 Å². The fraction of sp³-hybridized carbons (Fsp3) is 0.273. The average Bonchev–Trinajstić information content (AvgIpc) is 3.44. The third-order valence-corrected chi connectivity index (χ3v) is 5.75. The Kier molecular flexibility index (Phi) is 6.13. The van der Waals surface area contributed by atoms with Crippen molar-refractivity contribution in [3.05, 3.63) is 60.0 Å². The molecule has 2 aromatic carbocycles. The van der Waals surface area contributed by atoms with Crippen LogP contribution < -0.4 is 4.74 Å². The van der Waals surface area contributed by atoms with Crippen LogP contribution in [-0.2, 0) is 18.7 Å². The van der Waals surface area contributed by atoms with Gasteiger partial charge in [0.15, 0.2) is 11.0 Å². The van der Waals surface area contributed by atoms with Gasteiger partial charge < -0.3 is 13.8 Å². The molecule has 7 nitrogen and oxygen atoms in total. The lowest BCUT2D eigenvalue weighted by Crippen LogP contribution is -2.01.